The lowest BCUT2D eigenvalue weighted by Gasteiger charge is -2.20. The fourth-order valence-electron chi connectivity index (χ4n) is 3.60. The maximum atomic E-state index is 4.77. The summed E-state index contributed by atoms with van der Waals surface area (Å²) in [6, 6.07) is 20.9. The summed E-state index contributed by atoms with van der Waals surface area (Å²) in [4.78, 5) is 15.2. The Morgan fingerprint density at radius 2 is 1.75 bits per heavy atom. The molecule has 1 aliphatic rings. The van der Waals surface area contributed by atoms with Gasteiger partial charge in [0.15, 0.2) is 0 Å². The topological polar surface area (TPSA) is 65.4 Å². The minimum Gasteiger partial charge on any atom is -0.355 e. The first-order chi connectivity index (χ1) is 15.7. The minimum atomic E-state index is 0.663. The highest BCUT2D eigenvalue weighted by Gasteiger charge is 2.10. The molecule has 2 aromatic carbocycles. The van der Waals surface area contributed by atoms with Crippen molar-refractivity contribution >= 4 is 39.8 Å². The molecule has 0 radical (unpaired) electrons. The van der Waals surface area contributed by atoms with Crippen molar-refractivity contribution in [2.24, 2.45) is 4.99 Å². The Kier molecular flexibility index (Phi) is 7.55. The monoisotopic (exact) mass is 444 g/mol. The number of aliphatic imine (C=N–C) groups is 1. The van der Waals surface area contributed by atoms with E-state index in [1.165, 1.54) is 47.2 Å². The standard InChI is InChI=1S/C21H18N4S.C4H10N2/c1-22-21-24-19(14-26-21)18-11-6-12-20(23-18)25(2)13-16-9-5-8-15-7-3-4-10-17(15)16;1-2-5-4-6-3-1/h3-12,14H,1,13H2,2H3;5-6H,1-4H2. The number of nitrogens with one attached hydrogen (secondary N) is 2. The summed E-state index contributed by atoms with van der Waals surface area (Å²) in [5.41, 5.74) is 2.96. The van der Waals surface area contributed by atoms with Crippen LogP contribution in [0.4, 0.5) is 10.9 Å². The van der Waals surface area contributed by atoms with Gasteiger partial charge in [-0.25, -0.2) is 15.0 Å². The maximum absolute atomic E-state index is 4.77. The zero-order valence-corrected chi connectivity index (χ0v) is 19.1. The van der Waals surface area contributed by atoms with Gasteiger partial charge < -0.3 is 15.5 Å². The summed E-state index contributed by atoms with van der Waals surface area (Å²) in [5.74, 6) is 0.913. The van der Waals surface area contributed by atoms with Crippen LogP contribution in [0.25, 0.3) is 22.2 Å². The highest BCUT2D eigenvalue weighted by Crippen LogP contribution is 2.27. The lowest BCUT2D eigenvalue weighted by atomic mass is 10.0. The van der Waals surface area contributed by atoms with E-state index in [0.717, 1.165) is 30.4 Å². The molecule has 6 nitrogen and oxygen atoms in total. The quantitative estimate of drug-likeness (QED) is 0.431. The number of thiazole rings is 1. The summed E-state index contributed by atoms with van der Waals surface area (Å²) in [6.45, 7) is 7.69. The van der Waals surface area contributed by atoms with Crippen LogP contribution in [0, 0.1) is 0 Å². The van der Waals surface area contributed by atoms with Gasteiger partial charge in [-0.1, -0.05) is 48.5 Å². The van der Waals surface area contributed by atoms with Crippen molar-refractivity contribution in [1.82, 2.24) is 20.6 Å². The number of nitrogens with zero attached hydrogens (tertiary/aromatic N) is 4. The number of hydrogen-bond donors (Lipinski definition) is 2. The van der Waals surface area contributed by atoms with Gasteiger partial charge >= 0.3 is 0 Å². The second kappa shape index (κ2) is 10.9. The normalized spacial score (nSPS) is 13.3. The van der Waals surface area contributed by atoms with E-state index in [0.29, 0.717) is 5.13 Å². The smallest absolute Gasteiger partial charge is 0.209 e. The van der Waals surface area contributed by atoms with E-state index in [9.17, 15) is 0 Å². The predicted octanol–water partition coefficient (Wildman–Crippen LogP) is 4.85. The van der Waals surface area contributed by atoms with E-state index in [4.69, 9.17) is 4.98 Å². The third kappa shape index (κ3) is 5.56. The number of rotatable bonds is 5. The van der Waals surface area contributed by atoms with Crippen LogP contribution in [-0.2, 0) is 6.54 Å². The lowest BCUT2D eigenvalue weighted by Crippen LogP contribution is -2.37. The zero-order chi connectivity index (χ0) is 22.2. The fourth-order valence-corrected chi connectivity index (χ4v) is 4.22. The molecule has 32 heavy (non-hydrogen) atoms. The third-order valence-electron chi connectivity index (χ3n) is 5.26. The molecule has 0 bridgehead atoms. The predicted molar refractivity (Wildman–Crippen MR) is 136 cm³/mol. The van der Waals surface area contributed by atoms with Gasteiger partial charge in [0.1, 0.15) is 11.5 Å². The van der Waals surface area contributed by atoms with Gasteiger partial charge in [0.2, 0.25) is 5.13 Å². The summed E-state index contributed by atoms with van der Waals surface area (Å²) in [6.07, 6.45) is 1.28. The Labute approximate surface area is 193 Å². The molecule has 1 aliphatic heterocycles. The van der Waals surface area contributed by atoms with Crippen LogP contribution >= 0.6 is 11.3 Å². The summed E-state index contributed by atoms with van der Waals surface area (Å²) in [5, 5.41) is 11.5. The SMILES string of the molecule is C1CNCNC1.C=Nc1nc(-c2cccc(N(C)Cc3cccc4ccccc34)n2)cs1. The Morgan fingerprint density at radius 1 is 0.969 bits per heavy atom. The van der Waals surface area contributed by atoms with E-state index in [1.54, 1.807) is 0 Å². The van der Waals surface area contributed by atoms with Gasteiger partial charge in [0, 0.05) is 25.6 Å². The van der Waals surface area contributed by atoms with Gasteiger partial charge in [0.05, 0.1) is 5.69 Å². The number of hydrogen-bond acceptors (Lipinski definition) is 7. The minimum absolute atomic E-state index is 0.663. The number of benzene rings is 2. The van der Waals surface area contributed by atoms with E-state index in [2.05, 4.69) is 81.7 Å². The third-order valence-corrected chi connectivity index (χ3v) is 6.03. The molecule has 1 fully saturated rings. The second-order valence-corrected chi connectivity index (χ2v) is 8.42. The number of pyridine rings is 1. The first-order valence-electron chi connectivity index (χ1n) is 10.7. The molecule has 0 saturated carbocycles. The number of aromatic nitrogens is 2. The molecule has 0 atom stereocenters. The molecule has 1 saturated heterocycles. The van der Waals surface area contributed by atoms with Crippen LogP contribution in [0.3, 0.4) is 0 Å². The first kappa shape index (κ1) is 22.1. The van der Waals surface area contributed by atoms with Crippen LogP contribution in [-0.4, -0.2) is 43.5 Å². The molecule has 0 unspecified atom stereocenters. The summed E-state index contributed by atoms with van der Waals surface area (Å²) >= 11 is 1.47. The molecule has 7 heteroatoms. The molecular weight excluding hydrogens is 416 g/mol. The average Bonchev–Trinajstić information content (AvgIpc) is 3.35. The largest absolute Gasteiger partial charge is 0.355 e. The van der Waals surface area contributed by atoms with Crippen LogP contribution < -0.4 is 15.5 Å². The van der Waals surface area contributed by atoms with Crippen molar-refractivity contribution in [3.63, 3.8) is 0 Å². The van der Waals surface area contributed by atoms with Crippen LogP contribution in [0.2, 0.25) is 0 Å². The molecule has 0 amide bonds. The summed E-state index contributed by atoms with van der Waals surface area (Å²) < 4.78 is 0. The van der Waals surface area contributed by atoms with Gasteiger partial charge in [0.25, 0.3) is 0 Å². The Bertz CT molecular complexity index is 1150. The van der Waals surface area contributed by atoms with Crippen molar-refractivity contribution in [2.45, 2.75) is 13.0 Å². The Hall–Kier alpha value is -3.13. The molecule has 0 aliphatic carbocycles. The van der Waals surface area contributed by atoms with Crippen molar-refractivity contribution in [3.8, 4) is 11.4 Å². The molecule has 4 aromatic rings. The van der Waals surface area contributed by atoms with Crippen molar-refractivity contribution in [1.29, 1.82) is 0 Å². The van der Waals surface area contributed by atoms with Gasteiger partial charge in [-0.3, -0.25) is 0 Å². The van der Waals surface area contributed by atoms with Crippen molar-refractivity contribution in [3.05, 3.63) is 71.6 Å². The van der Waals surface area contributed by atoms with Gasteiger partial charge in [-0.2, -0.15) is 0 Å². The zero-order valence-electron chi connectivity index (χ0n) is 18.3. The highest BCUT2D eigenvalue weighted by atomic mass is 32.1. The van der Waals surface area contributed by atoms with Gasteiger partial charge in [-0.05, 0) is 54.7 Å². The van der Waals surface area contributed by atoms with Crippen LogP contribution in [0.1, 0.15) is 12.0 Å². The molecule has 3 heterocycles. The molecule has 2 N–H and O–H groups in total. The van der Waals surface area contributed by atoms with Gasteiger partial charge in [-0.15, -0.1) is 11.3 Å². The van der Waals surface area contributed by atoms with E-state index in [1.807, 2.05) is 23.6 Å². The maximum Gasteiger partial charge on any atom is 0.209 e. The van der Waals surface area contributed by atoms with E-state index < -0.39 is 0 Å². The Morgan fingerprint density at radius 3 is 2.47 bits per heavy atom. The molecule has 164 valence electrons. The molecule has 0 spiro atoms. The fraction of sp³-hybridized carbons (Fsp3) is 0.240. The number of fused-ring (bicyclic) bond motifs is 1. The highest BCUT2D eigenvalue weighted by molar-refractivity contribution is 7.13. The van der Waals surface area contributed by atoms with E-state index in [-0.39, 0.29) is 0 Å². The van der Waals surface area contributed by atoms with E-state index >= 15 is 0 Å². The molecule has 2 aromatic heterocycles. The summed E-state index contributed by atoms with van der Waals surface area (Å²) in [7, 11) is 2.06. The van der Waals surface area contributed by atoms with Crippen LogP contribution in [0.5, 0.6) is 0 Å². The van der Waals surface area contributed by atoms with Crippen molar-refractivity contribution < 1.29 is 0 Å². The van der Waals surface area contributed by atoms with Crippen LogP contribution in [0.15, 0.2) is 71.0 Å². The average molecular weight is 445 g/mol. The lowest BCUT2D eigenvalue weighted by molar-refractivity contribution is 0.496. The molecule has 5 rings (SSSR count). The van der Waals surface area contributed by atoms with Crippen molar-refractivity contribution in [2.75, 3.05) is 31.7 Å². The first-order valence-corrected chi connectivity index (χ1v) is 11.6. The number of anilines is 1. The molecular formula is C25H28N6S. The second-order valence-electron chi connectivity index (χ2n) is 7.58. The Balaban J connectivity index is 0.000000354.